The Hall–Kier alpha value is 0.155. The van der Waals surface area contributed by atoms with Crippen molar-refractivity contribution in [3.05, 3.63) is 10.9 Å². The third kappa shape index (κ3) is 0.808. The number of hydrogen-bond acceptors (Lipinski definition) is 1. The first-order valence-electron chi connectivity index (χ1n) is 2.19. The SMILES string of the molecule is BC1=CCCS1. The van der Waals surface area contributed by atoms with Crippen molar-refractivity contribution < 1.29 is 0 Å². The molecule has 32 valence electrons. The molecule has 1 aliphatic rings. The van der Waals surface area contributed by atoms with Crippen LogP contribution in [0, 0.1) is 0 Å². The third-order valence-corrected chi connectivity index (χ3v) is 1.94. The van der Waals surface area contributed by atoms with E-state index in [4.69, 9.17) is 0 Å². The number of hydrogen-bond donors (Lipinski definition) is 0. The first kappa shape index (κ1) is 4.32. The maximum absolute atomic E-state index is 2.28. The zero-order valence-electron chi connectivity index (χ0n) is 3.90. The van der Waals surface area contributed by atoms with E-state index in [9.17, 15) is 0 Å². The molecule has 0 radical (unpaired) electrons. The van der Waals surface area contributed by atoms with Crippen LogP contribution in [-0.2, 0) is 0 Å². The standard InChI is InChI=1S/C4H7BS/c5-4-2-1-3-6-4/h2H,1,3,5H2. The van der Waals surface area contributed by atoms with Gasteiger partial charge in [0.25, 0.3) is 0 Å². The van der Waals surface area contributed by atoms with E-state index in [2.05, 4.69) is 13.9 Å². The zero-order chi connectivity index (χ0) is 4.41. The van der Waals surface area contributed by atoms with Crippen molar-refractivity contribution in [2.75, 3.05) is 5.75 Å². The summed E-state index contributed by atoms with van der Waals surface area (Å²) in [4.78, 5) is 1.50. The Labute approximate surface area is 43.4 Å². The third-order valence-electron chi connectivity index (χ3n) is 0.879. The predicted octanol–water partition coefficient (Wildman–Crippen LogP) is 0.598. The molecule has 0 bridgehead atoms. The molecule has 0 saturated carbocycles. The second kappa shape index (κ2) is 1.74. The molecule has 0 atom stereocenters. The molecule has 2 heteroatoms. The van der Waals surface area contributed by atoms with Crippen LogP contribution >= 0.6 is 11.8 Å². The molecule has 1 aliphatic heterocycles. The largest absolute Gasteiger partial charge is 0.147 e. The highest BCUT2D eigenvalue weighted by molar-refractivity contribution is 8.04. The van der Waals surface area contributed by atoms with Gasteiger partial charge in [0, 0.05) is 5.75 Å². The Kier molecular flexibility index (Phi) is 1.25. The number of rotatable bonds is 0. The van der Waals surface area contributed by atoms with Crippen molar-refractivity contribution in [2.45, 2.75) is 6.42 Å². The fraction of sp³-hybridized carbons (Fsp3) is 0.500. The van der Waals surface area contributed by atoms with Gasteiger partial charge in [-0.3, -0.25) is 0 Å². The van der Waals surface area contributed by atoms with E-state index < -0.39 is 0 Å². The minimum Gasteiger partial charge on any atom is -0.141 e. The van der Waals surface area contributed by atoms with Crippen molar-refractivity contribution in [1.82, 2.24) is 0 Å². The van der Waals surface area contributed by atoms with Crippen LogP contribution in [0.25, 0.3) is 0 Å². The molecule has 0 saturated heterocycles. The topological polar surface area (TPSA) is 0 Å². The molecule has 1 rings (SSSR count). The Morgan fingerprint density at radius 1 is 1.83 bits per heavy atom. The Bertz CT molecular complexity index is 77.6. The average molecular weight is 98.0 g/mol. The minimum atomic E-state index is 1.29. The lowest BCUT2D eigenvalue weighted by Crippen LogP contribution is -1.61. The van der Waals surface area contributed by atoms with E-state index >= 15 is 0 Å². The van der Waals surface area contributed by atoms with Crippen LogP contribution in [0.15, 0.2) is 10.9 Å². The highest BCUT2D eigenvalue weighted by Crippen LogP contribution is 2.20. The predicted molar refractivity (Wildman–Crippen MR) is 33.7 cm³/mol. The minimum absolute atomic E-state index is 1.29. The Morgan fingerprint density at radius 3 is 2.83 bits per heavy atom. The lowest BCUT2D eigenvalue weighted by atomic mass is 10.1. The maximum atomic E-state index is 2.28. The van der Waals surface area contributed by atoms with Crippen LogP contribution in [-0.4, -0.2) is 13.6 Å². The molecule has 0 aliphatic carbocycles. The summed E-state index contributed by atoms with van der Waals surface area (Å²) in [6.45, 7) is 0. The number of allylic oxidation sites excluding steroid dienone is 1. The van der Waals surface area contributed by atoms with Crippen molar-refractivity contribution in [3.63, 3.8) is 0 Å². The Morgan fingerprint density at radius 2 is 2.67 bits per heavy atom. The molecular formula is C4H7BS. The molecule has 0 aromatic rings. The molecule has 0 fully saturated rings. The summed E-state index contributed by atoms with van der Waals surface area (Å²) in [5.74, 6) is 1.31. The number of thioether (sulfide) groups is 1. The molecule has 0 N–H and O–H groups in total. The van der Waals surface area contributed by atoms with E-state index in [0.29, 0.717) is 0 Å². The summed E-state index contributed by atoms with van der Waals surface area (Å²) in [5.41, 5.74) is 0. The summed E-state index contributed by atoms with van der Waals surface area (Å²) in [6.07, 6.45) is 3.57. The van der Waals surface area contributed by atoms with E-state index in [1.54, 1.807) is 0 Å². The van der Waals surface area contributed by atoms with E-state index in [0.717, 1.165) is 0 Å². The van der Waals surface area contributed by atoms with Gasteiger partial charge in [0.2, 0.25) is 0 Å². The zero-order valence-corrected chi connectivity index (χ0v) is 4.72. The molecule has 0 nitrogen and oxygen atoms in total. The van der Waals surface area contributed by atoms with Gasteiger partial charge in [0.1, 0.15) is 7.85 Å². The van der Waals surface area contributed by atoms with Gasteiger partial charge in [0.15, 0.2) is 0 Å². The summed E-state index contributed by atoms with van der Waals surface area (Å²) in [6, 6.07) is 0. The van der Waals surface area contributed by atoms with Gasteiger partial charge >= 0.3 is 0 Å². The van der Waals surface area contributed by atoms with E-state index in [1.165, 1.54) is 17.0 Å². The molecule has 0 aromatic heterocycles. The van der Waals surface area contributed by atoms with Gasteiger partial charge in [-0.2, -0.15) is 0 Å². The van der Waals surface area contributed by atoms with Crippen LogP contribution in [0.1, 0.15) is 6.42 Å². The first-order valence-corrected chi connectivity index (χ1v) is 3.18. The monoisotopic (exact) mass is 98.0 g/mol. The molecule has 0 unspecified atom stereocenters. The highest BCUT2D eigenvalue weighted by atomic mass is 32.2. The summed E-state index contributed by atoms with van der Waals surface area (Å²) >= 11 is 1.96. The molecule has 0 spiro atoms. The van der Waals surface area contributed by atoms with Gasteiger partial charge in [-0.05, 0) is 6.42 Å². The van der Waals surface area contributed by atoms with Gasteiger partial charge in [-0.25, -0.2) is 0 Å². The van der Waals surface area contributed by atoms with Gasteiger partial charge in [-0.15, -0.1) is 11.8 Å². The summed E-state index contributed by atoms with van der Waals surface area (Å²) in [5, 5.41) is 0. The maximum Gasteiger partial charge on any atom is 0.147 e. The Balaban J connectivity index is 2.45. The fourth-order valence-electron chi connectivity index (χ4n) is 0.541. The quantitative estimate of drug-likeness (QED) is 0.400. The van der Waals surface area contributed by atoms with E-state index in [1.807, 2.05) is 11.8 Å². The second-order valence-electron chi connectivity index (χ2n) is 1.45. The molecule has 6 heavy (non-hydrogen) atoms. The van der Waals surface area contributed by atoms with Gasteiger partial charge < -0.3 is 0 Å². The average Bonchev–Trinajstić information content (AvgIpc) is 1.86. The molecular weight excluding hydrogens is 90.9 g/mol. The van der Waals surface area contributed by atoms with Crippen LogP contribution in [0.5, 0.6) is 0 Å². The normalized spacial score (nSPS) is 21.0. The van der Waals surface area contributed by atoms with Crippen LogP contribution in [0.4, 0.5) is 0 Å². The van der Waals surface area contributed by atoms with Crippen molar-refractivity contribution >= 4 is 19.6 Å². The van der Waals surface area contributed by atoms with E-state index in [-0.39, 0.29) is 0 Å². The van der Waals surface area contributed by atoms with Crippen molar-refractivity contribution in [1.29, 1.82) is 0 Å². The smallest absolute Gasteiger partial charge is 0.141 e. The lowest BCUT2D eigenvalue weighted by Gasteiger charge is -1.80. The highest BCUT2D eigenvalue weighted by Gasteiger charge is 1.95. The van der Waals surface area contributed by atoms with Crippen LogP contribution in [0.3, 0.4) is 0 Å². The molecule has 0 aromatic carbocycles. The molecule has 0 amide bonds. The van der Waals surface area contributed by atoms with Gasteiger partial charge in [0.05, 0.1) is 0 Å². The fourth-order valence-corrected chi connectivity index (χ4v) is 1.33. The summed E-state index contributed by atoms with van der Waals surface area (Å²) in [7, 11) is 2.16. The van der Waals surface area contributed by atoms with Gasteiger partial charge in [-0.1, -0.05) is 10.9 Å². The van der Waals surface area contributed by atoms with Crippen LogP contribution < -0.4 is 0 Å². The first-order chi connectivity index (χ1) is 2.89. The summed E-state index contributed by atoms with van der Waals surface area (Å²) < 4.78 is 0. The molecule has 1 heterocycles. The second-order valence-corrected chi connectivity index (χ2v) is 2.79. The lowest BCUT2D eigenvalue weighted by molar-refractivity contribution is 1.28. The van der Waals surface area contributed by atoms with Crippen molar-refractivity contribution in [3.8, 4) is 0 Å². The van der Waals surface area contributed by atoms with Crippen molar-refractivity contribution in [2.24, 2.45) is 0 Å². The van der Waals surface area contributed by atoms with Crippen LogP contribution in [0.2, 0.25) is 0 Å².